The first-order valence-corrected chi connectivity index (χ1v) is 10.9. The summed E-state index contributed by atoms with van der Waals surface area (Å²) >= 11 is 2.83. The number of benzene rings is 2. The van der Waals surface area contributed by atoms with Gasteiger partial charge in [0.25, 0.3) is 0 Å². The molecule has 7 heteroatoms. The molecule has 0 bridgehead atoms. The number of anilines is 1. The minimum atomic E-state index is -0.107. The fourth-order valence-electron chi connectivity index (χ4n) is 2.61. The first kappa shape index (κ1) is 21.1. The molecule has 150 valence electrons. The summed E-state index contributed by atoms with van der Waals surface area (Å²) in [6.45, 7) is 4.05. The first-order chi connectivity index (χ1) is 13.9. The number of ether oxygens (including phenoxy) is 1. The number of carbonyl (C=O) groups excluding carboxylic acids is 2. The lowest BCUT2D eigenvalue weighted by atomic mass is 10.1. The van der Waals surface area contributed by atoms with Crippen LogP contribution in [0.1, 0.15) is 27.2 Å². The smallest absolute Gasteiger partial charge is 0.230 e. The number of ketones is 1. The van der Waals surface area contributed by atoms with Crippen LogP contribution < -0.4 is 10.1 Å². The average Bonchev–Trinajstić information content (AvgIpc) is 3.16. The number of rotatable bonds is 8. The van der Waals surface area contributed by atoms with Crippen LogP contribution in [0.4, 0.5) is 5.69 Å². The van der Waals surface area contributed by atoms with Crippen molar-refractivity contribution in [3.63, 3.8) is 0 Å². The van der Waals surface area contributed by atoms with Gasteiger partial charge >= 0.3 is 0 Å². The summed E-state index contributed by atoms with van der Waals surface area (Å²) in [5.74, 6) is 0.942. The van der Waals surface area contributed by atoms with E-state index in [2.05, 4.69) is 10.3 Å². The van der Waals surface area contributed by atoms with Gasteiger partial charge in [0, 0.05) is 16.6 Å². The predicted molar refractivity (Wildman–Crippen MR) is 118 cm³/mol. The third-order valence-corrected chi connectivity index (χ3v) is 6.47. The molecule has 0 aliphatic heterocycles. The summed E-state index contributed by atoms with van der Waals surface area (Å²) in [6.07, 6.45) is 0.205. The van der Waals surface area contributed by atoms with Gasteiger partial charge in [-0.05, 0) is 61.4 Å². The molecule has 0 radical (unpaired) electrons. The Morgan fingerprint density at radius 3 is 2.55 bits per heavy atom. The van der Waals surface area contributed by atoms with E-state index in [4.69, 9.17) is 4.74 Å². The molecule has 0 saturated carbocycles. The Kier molecular flexibility index (Phi) is 7.06. The SMILES string of the molecule is COc1ccc(C(=O)CSc2nc(CC(=O)Nc3ccc(C)c(C)c3)cs2)cc1. The van der Waals surface area contributed by atoms with Crippen LogP contribution in [0.2, 0.25) is 0 Å². The largest absolute Gasteiger partial charge is 0.497 e. The molecule has 5 nitrogen and oxygen atoms in total. The number of carbonyl (C=O) groups is 2. The van der Waals surface area contributed by atoms with Crippen molar-refractivity contribution >= 4 is 40.5 Å². The molecule has 3 aromatic rings. The van der Waals surface area contributed by atoms with Crippen LogP contribution in [-0.4, -0.2) is 29.5 Å². The minimum Gasteiger partial charge on any atom is -0.497 e. The van der Waals surface area contributed by atoms with E-state index in [-0.39, 0.29) is 18.1 Å². The van der Waals surface area contributed by atoms with Crippen LogP contribution in [0.5, 0.6) is 5.75 Å². The van der Waals surface area contributed by atoms with E-state index in [9.17, 15) is 9.59 Å². The molecule has 2 aromatic carbocycles. The second-order valence-electron chi connectivity index (χ2n) is 6.57. The Labute approximate surface area is 178 Å². The van der Waals surface area contributed by atoms with Gasteiger partial charge in [-0.15, -0.1) is 11.3 Å². The predicted octanol–water partition coefficient (Wildman–Crippen LogP) is 4.92. The second kappa shape index (κ2) is 9.71. The highest BCUT2D eigenvalue weighted by Gasteiger charge is 2.12. The average molecular weight is 427 g/mol. The summed E-state index contributed by atoms with van der Waals surface area (Å²) in [4.78, 5) is 29.0. The van der Waals surface area contributed by atoms with Crippen molar-refractivity contribution < 1.29 is 14.3 Å². The summed E-state index contributed by atoms with van der Waals surface area (Å²) in [5, 5.41) is 4.76. The molecule has 0 spiro atoms. The van der Waals surface area contributed by atoms with Crippen LogP contribution in [0.3, 0.4) is 0 Å². The zero-order valence-electron chi connectivity index (χ0n) is 16.5. The Morgan fingerprint density at radius 2 is 1.86 bits per heavy atom. The van der Waals surface area contributed by atoms with Crippen molar-refractivity contribution in [1.29, 1.82) is 0 Å². The van der Waals surface area contributed by atoms with E-state index in [0.29, 0.717) is 17.0 Å². The Balaban J connectivity index is 1.51. The molecular formula is C22H22N2O3S2. The molecule has 0 aliphatic rings. The summed E-state index contributed by atoms with van der Waals surface area (Å²) in [7, 11) is 1.59. The monoisotopic (exact) mass is 426 g/mol. The van der Waals surface area contributed by atoms with E-state index >= 15 is 0 Å². The number of aryl methyl sites for hydroxylation is 2. The molecule has 0 unspecified atom stereocenters. The third kappa shape index (κ3) is 5.92. The lowest BCUT2D eigenvalue weighted by molar-refractivity contribution is -0.115. The summed E-state index contributed by atoms with van der Waals surface area (Å²) in [5.41, 5.74) is 4.46. The van der Waals surface area contributed by atoms with E-state index in [1.807, 2.05) is 37.4 Å². The Bertz CT molecular complexity index is 1010. The number of nitrogens with zero attached hydrogens (tertiary/aromatic N) is 1. The number of amides is 1. The van der Waals surface area contributed by atoms with Crippen LogP contribution in [-0.2, 0) is 11.2 Å². The quantitative estimate of drug-likeness (QED) is 0.409. The molecular weight excluding hydrogens is 404 g/mol. The van der Waals surface area contributed by atoms with Crippen molar-refractivity contribution in [1.82, 2.24) is 4.98 Å². The van der Waals surface area contributed by atoms with Crippen LogP contribution >= 0.6 is 23.1 Å². The minimum absolute atomic E-state index is 0.0295. The number of methoxy groups -OCH3 is 1. The number of thioether (sulfide) groups is 1. The number of thiazole rings is 1. The Hall–Kier alpha value is -2.64. The topological polar surface area (TPSA) is 68.3 Å². The molecule has 0 saturated heterocycles. The van der Waals surface area contributed by atoms with E-state index < -0.39 is 0 Å². The zero-order chi connectivity index (χ0) is 20.8. The van der Waals surface area contributed by atoms with Gasteiger partial charge in [-0.25, -0.2) is 4.98 Å². The van der Waals surface area contributed by atoms with Gasteiger partial charge in [-0.1, -0.05) is 17.8 Å². The maximum Gasteiger partial charge on any atom is 0.230 e. The second-order valence-corrected chi connectivity index (χ2v) is 8.65. The molecule has 1 N–H and O–H groups in total. The van der Waals surface area contributed by atoms with E-state index in [1.54, 1.807) is 31.4 Å². The highest BCUT2D eigenvalue weighted by atomic mass is 32.2. The van der Waals surface area contributed by atoms with Gasteiger partial charge in [0.15, 0.2) is 10.1 Å². The molecule has 1 aromatic heterocycles. The number of aromatic nitrogens is 1. The van der Waals surface area contributed by atoms with Crippen molar-refractivity contribution in [3.05, 3.63) is 70.2 Å². The highest BCUT2D eigenvalue weighted by Crippen LogP contribution is 2.24. The summed E-state index contributed by atoms with van der Waals surface area (Å²) < 4.78 is 5.88. The third-order valence-electron chi connectivity index (χ3n) is 4.40. The van der Waals surface area contributed by atoms with Crippen molar-refractivity contribution in [2.45, 2.75) is 24.6 Å². The highest BCUT2D eigenvalue weighted by molar-refractivity contribution is 8.01. The fourth-order valence-corrected chi connectivity index (χ4v) is 4.35. The lowest BCUT2D eigenvalue weighted by Crippen LogP contribution is -2.14. The van der Waals surface area contributed by atoms with Gasteiger partial charge in [-0.2, -0.15) is 0 Å². The van der Waals surface area contributed by atoms with E-state index in [1.165, 1.54) is 28.7 Å². The van der Waals surface area contributed by atoms with E-state index in [0.717, 1.165) is 21.3 Å². The maximum absolute atomic E-state index is 12.3. The standard InChI is InChI=1S/C22H22N2O3S2/c1-14-4-7-17(10-15(14)2)23-21(26)11-18-12-28-22(24-18)29-13-20(25)16-5-8-19(27-3)9-6-16/h4-10,12H,11,13H2,1-3H3,(H,23,26). The zero-order valence-corrected chi connectivity index (χ0v) is 18.2. The number of Topliss-reactive ketones (excluding diaryl/α,β-unsaturated/α-hetero) is 1. The molecule has 1 heterocycles. The molecule has 0 aliphatic carbocycles. The van der Waals surface area contributed by atoms with Crippen LogP contribution in [0.25, 0.3) is 0 Å². The number of nitrogens with one attached hydrogen (secondary N) is 1. The first-order valence-electron chi connectivity index (χ1n) is 9.06. The number of hydrogen-bond acceptors (Lipinski definition) is 6. The van der Waals surface area contributed by atoms with Crippen LogP contribution in [0, 0.1) is 13.8 Å². The Morgan fingerprint density at radius 1 is 1.10 bits per heavy atom. The van der Waals surface area contributed by atoms with Crippen LogP contribution in [0.15, 0.2) is 52.2 Å². The van der Waals surface area contributed by atoms with Gasteiger partial charge in [0.1, 0.15) is 5.75 Å². The van der Waals surface area contributed by atoms with Gasteiger partial charge in [0.2, 0.25) is 5.91 Å². The molecule has 3 rings (SSSR count). The van der Waals surface area contributed by atoms with Gasteiger partial charge in [-0.3, -0.25) is 9.59 Å². The van der Waals surface area contributed by atoms with Crippen molar-refractivity contribution in [3.8, 4) is 5.75 Å². The summed E-state index contributed by atoms with van der Waals surface area (Å²) in [6, 6.07) is 12.9. The number of hydrogen-bond donors (Lipinski definition) is 1. The van der Waals surface area contributed by atoms with Gasteiger partial charge < -0.3 is 10.1 Å². The molecule has 0 fully saturated rings. The van der Waals surface area contributed by atoms with Crippen molar-refractivity contribution in [2.75, 3.05) is 18.2 Å². The maximum atomic E-state index is 12.3. The lowest BCUT2D eigenvalue weighted by Gasteiger charge is -2.06. The molecule has 0 atom stereocenters. The molecule has 1 amide bonds. The van der Waals surface area contributed by atoms with Crippen molar-refractivity contribution in [2.24, 2.45) is 0 Å². The normalized spacial score (nSPS) is 10.6. The van der Waals surface area contributed by atoms with Gasteiger partial charge in [0.05, 0.1) is 25.0 Å². The fraction of sp³-hybridized carbons (Fsp3) is 0.227. The molecule has 29 heavy (non-hydrogen) atoms.